The summed E-state index contributed by atoms with van der Waals surface area (Å²) in [5.41, 5.74) is 6.97. The fraction of sp³-hybridized carbons (Fsp3) is 0.167. The molecular weight excluding hydrogens is 334 g/mol. The van der Waals surface area contributed by atoms with Crippen LogP contribution in [-0.4, -0.2) is 22.9 Å². The Labute approximate surface area is 123 Å². The van der Waals surface area contributed by atoms with Crippen molar-refractivity contribution in [3.8, 4) is 0 Å². The lowest BCUT2D eigenvalue weighted by Gasteiger charge is -2.04. The Morgan fingerprint density at radius 3 is 2.95 bits per heavy atom. The Bertz CT molecular complexity index is 627. The molecule has 1 aromatic heterocycles. The van der Waals surface area contributed by atoms with E-state index < -0.39 is 5.97 Å². The van der Waals surface area contributed by atoms with Gasteiger partial charge in [0.1, 0.15) is 0 Å². The summed E-state index contributed by atoms with van der Waals surface area (Å²) in [6.45, 7) is 0.424. The molecule has 2 N–H and O–H groups in total. The van der Waals surface area contributed by atoms with E-state index in [1.165, 1.54) is 7.11 Å². The summed E-state index contributed by atoms with van der Waals surface area (Å²) >= 11 is 9.46. The zero-order chi connectivity index (χ0) is 14.0. The molecule has 0 radical (unpaired) electrons. The fourth-order valence-corrected chi connectivity index (χ4v) is 2.33. The highest BCUT2D eigenvalue weighted by molar-refractivity contribution is 9.10. The normalized spacial score (nSPS) is 10.5. The second kappa shape index (κ2) is 5.63. The zero-order valence-electron chi connectivity index (χ0n) is 10.1. The van der Waals surface area contributed by atoms with Gasteiger partial charge in [0.15, 0.2) is 5.69 Å². The molecule has 1 aromatic carbocycles. The van der Waals surface area contributed by atoms with Crippen LogP contribution in [-0.2, 0) is 11.3 Å². The van der Waals surface area contributed by atoms with Crippen molar-refractivity contribution in [1.82, 2.24) is 9.78 Å². The second-order valence-electron chi connectivity index (χ2n) is 3.86. The summed E-state index contributed by atoms with van der Waals surface area (Å²) in [7, 11) is 1.28. The van der Waals surface area contributed by atoms with E-state index in [0.29, 0.717) is 11.6 Å². The molecule has 0 aliphatic carbocycles. The molecule has 0 aliphatic rings. The first-order valence-corrected chi connectivity index (χ1v) is 6.53. The van der Waals surface area contributed by atoms with Crippen LogP contribution in [0.2, 0.25) is 5.02 Å². The maximum atomic E-state index is 11.4. The van der Waals surface area contributed by atoms with Gasteiger partial charge >= 0.3 is 5.97 Å². The number of ether oxygens (including phenoxy) is 1. The first kappa shape index (κ1) is 13.9. The molecule has 19 heavy (non-hydrogen) atoms. The summed E-state index contributed by atoms with van der Waals surface area (Å²) in [6, 6.07) is 5.56. The quantitative estimate of drug-likeness (QED) is 0.869. The van der Waals surface area contributed by atoms with Gasteiger partial charge in [-0.15, -0.1) is 0 Å². The minimum atomic E-state index is -0.557. The van der Waals surface area contributed by atoms with Crippen molar-refractivity contribution >= 4 is 39.2 Å². The third-order valence-electron chi connectivity index (χ3n) is 2.52. The van der Waals surface area contributed by atoms with Gasteiger partial charge in [-0.1, -0.05) is 33.6 Å². The van der Waals surface area contributed by atoms with Crippen LogP contribution in [0.1, 0.15) is 16.1 Å². The van der Waals surface area contributed by atoms with Crippen LogP contribution in [0.3, 0.4) is 0 Å². The molecule has 7 heteroatoms. The highest BCUT2D eigenvalue weighted by Crippen LogP contribution is 2.22. The van der Waals surface area contributed by atoms with Gasteiger partial charge in [-0.25, -0.2) is 4.79 Å². The van der Waals surface area contributed by atoms with Gasteiger partial charge in [-0.2, -0.15) is 5.10 Å². The van der Waals surface area contributed by atoms with E-state index in [2.05, 4.69) is 25.8 Å². The van der Waals surface area contributed by atoms with Crippen LogP contribution in [0.4, 0.5) is 5.69 Å². The molecule has 0 bridgehead atoms. The van der Waals surface area contributed by atoms with Crippen molar-refractivity contribution in [2.45, 2.75) is 6.54 Å². The third kappa shape index (κ3) is 3.08. The van der Waals surface area contributed by atoms with E-state index in [9.17, 15) is 4.79 Å². The van der Waals surface area contributed by atoms with E-state index in [0.717, 1.165) is 10.0 Å². The maximum absolute atomic E-state index is 11.4. The number of nitrogen functional groups attached to an aromatic ring is 1. The molecule has 0 spiro atoms. The molecule has 0 fully saturated rings. The lowest BCUT2D eigenvalue weighted by atomic mass is 10.2. The lowest BCUT2D eigenvalue weighted by Crippen LogP contribution is -2.07. The average Bonchev–Trinajstić information content (AvgIpc) is 2.73. The van der Waals surface area contributed by atoms with E-state index in [1.807, 2.05) is 12.1 Å². The smallest absolute Gasteiger partial charge is 0.360 e. The second-order valence-corrected chi connectivity index (χ2v) is 5.18. The third-order valence-corrected chi connectivity index (χ3v) is 3.36. The van der Waals surface area contributed by atoms with Crippen molar-refractivity contribution in [1.29, 1.82) is 0 Å². The topological polar surface area (TPSA) is 70.1 Å². The van der Waals surface area contributed by atoms with Crippen LogP contribution in [0.5, 0.6) is 0 Å². The van der Waals surface area contributed by atoms with Gasteiger partial charge in [0.05, 0.1) is 19.3 Å². The van der Waals surface area contributed by atoms with Crippen molar-refractivity contribution in [3.05, 3.63) is 45.1 Å². The number of nitrogens with zero attached hydrogens (tertiary/aromatic N) is 2. The summed E-state index contributed by atoms with van der Waals surface area (Å²) in [6.07, 6.45) is 1.57. The molecule has 2 aromatic rings. The number of benzene rings is 1. The van der Waals surface area contributed by atoms with E-state index in [1.54, 1.807) is 16.9 Å². The van der Waals surface area contributed by atoms with Gasteiger partial charge in [0.25, 0.3) is 0 Å². The number of hydrogen-bond acceptors (Lipinski definition) is 4. The highest BCUT2D eigenvalue weighted by atomic mass is 79.9. The fourth-order valence-electron chi connectivity index (χ4n) is 1.60. The molecule has 0 saturated heterocycles. The van der Waals surface area contributed by atoms with Gasteiger partial charge in [0.2, 0.25) is 0 Å². The number of carbonyl (C=O) groups excluding carboxylic acids is 1. The minimum absolute atomic E-state index is 0.107. The Kier molecular flexibility index (Phi) is 4.11. The van der Waals surface area contributed by atoms with E-state index in [4.69, 9.17) is 17.3 Å². The summed E-state index contributed by atoms with van der Waals surface area (Å²) in [4.78, 5) is 11.4. The molecule has 1 heterocycles. The Balaban J connectivity index is 2.26. The number of methoxy groups -OCH3 is 1. The molecule has 0 atom stereocenters. The van der Waals surface area contributed by atoms with Gasteiger partial charge < -0.3 is 10.5 Å². The summed E-state index contributed by atoms with van der Waals surface area (Å²) < 4.78 is 7.04. The van der Waals surface area contributed by atoms with Crippen molar-refractivity contribution in [2.24, 2.45) is 0 Å². The van der Waals surface area contributed by atoms with Crippen molar-refractivity contribution < 1.29 is 9.53 Å². The SMILES string of the molecule is COC(=O)c1nn(Cc2ccc(Br)cc2Cl)cc1N. The number of nitrogens with two attached hydrogens (primary N) is 1. The van der Waals surface area contributed by atoms with Gasteiger partial charge in [-0.3, -0.25) is 4.68 Å². The first-order chi connectivity index (χ1) is 9.01. The van der Waals surface area contributed by atoms with Crippen LogP contribution >= 0.6 is 27.5 Å². The predicted octanol–water partition coefficient (Wildman–Crippen LogP) is 2.72. The summed E-state index contributed by atoms with van der Waals surface area (Å²) in [5, 5.41) is 4.70. The average molecular weight is 345 g/mol. The van der Waals surface area contributed by atoms with Crippen molar-refractivity contribution in [2.75, 3.05) is 12.8 Å². The van der Waals surface area contributed by atoms with Crippen LogP contribution in [0.15, 0.2) is 28.9 Å². The lowest BCUT2D eigenvalue weighted by molar-refractivity contribution is 0.0594. The molecule has 0 saturated carbocycles. The number of aromatic nitrogens is 2. The van der Waals surface area contributed by atoms with Gasteiger partial charge in [-0.05, 0) is 17.7 Å². The Hall–Kier alpha value is -1.53. The zero-order valence-corrected chi connectivity index (χ0v) is 12.4. The van der Waals surface area contributed by atoms with Crippen LogP contribution in [0, 0.1) is 0 Å². The molecule has 100 valence electrons. The largest absolute Gasteiger partial charge is 0.464 e. The molecule has 0 unspecified atom stereocenters. The Morgan fingerprint density at radius 1 is 1.58 bits per heavy atom. The standard InChI is InChI=1S/C12H11BrClN3O2/c1-19-12(18)11-10(15)6-17(16-11)5-7-2-3-8(13)4-9(7)14/h2-4,6H,5,15H2,1H3. The molecule has 5 nitrogen and oxygen atoms in total. The van der Waals surface area contributed by atoms with Crippen molar-refractivity contribution in [3.63, 3.8) is 0 Å². The monoisotopic (exact) mass is 343 g/mol. The number of anilines is 1. The molecule has 0 aliphatic heterocycles. The number of rotatable bonds is 3. The molecule has 2 rings (SSSR count). The van der Waals surface area contributed by atoms with Crippen LogP contribution < -0.4 is 5.73 Å². The number of halogens is 2. The van der Waals surface area contributed by atoms with Gasteiger partial charge in [0, 0.05) is 15.7 Å². The molecule has 0 amide bonds. The summed E-state index contributed by atoms with van der Waals surface area (Å²) in [5.74, 6) is -0.557. The predicted molar refractivity (Wildman–Crippen MR) is 76.2 cm³/mol. The van der Waals surface area contributed by atoms with Crippen LogP contribution in [0.25, 0.3) is 0 Å². The maximum Gasteiger partial charge on any atom is 0.360 e. The first-order valence-electron chi connectivity index (χ1n) is 5.36. The minimum Gasteiger partial charge on any atom is -0.464 e. The number of carbonyl (C=O) groups is 1. The molecular formula is C12H11BrClN3O2. The Morgan fingerprint density at radius 2 is 2.32 bits per heavy atom. The number of esters is 1. The highest BCUT2D eigenvalue weighted by Gasteiger charge is 2.15. The number of hydrogen-bond donors (Lipinski definition) is 1. The van der Waals surface area contributed by atoms with E-state index in [-0.39, 0.29) is 11.4 Å². The van der Waals surface area contributed by atoms with E-state index >= 15 is 0 Å².